The number of nitrogens with one attached hydrogen (secondary N) is 1. The first-order chi connectivity index (χ1) is 11.5. The zero-order chi connectivity index (χ0) is 17.2. The molecule has 1 heterocycles. The van der Waals surface area contributed by atoms with Crippen molar-refractivity contribution >= 4 is 38.9 Å². The molecule has 1 amide bonds. The normalized spacial score (nSPS) is 15.4. The van der Waals surface area contributed by atoms with Crippen LogP contribution < -0.4 is 9.62 Å². The molecule has 2 aromatic rings. The summed E-state index contributed by atoms with van der Waals surface area (Å²) in [5, 5.41) is 0.330. The van der Waals surface area contributed by atoms with Crippen molar-refractivity contribution in [2.75, 3.05) is 16.2 Å². The van der Waals surface area contributed by atoms with Gasteiger partial charge in [0.1, 0.15) is 0 Å². The summed E-state index contributed by atoms with van der Waals surface area (Å²) in [4.78, 5) is 13.8. The summed E-state index contributed by atoms with van der Waals surface area (Å²) in [5.41, 5.74) is 1.05. The lowest BCUT2D eigenvalue weighted by Gasteiger charge is -2.26. The lowest BCUT2D eigenvalue weighted by molar-refractivity contribution is -0.119. The maximum atomic E-state index is 12.5. The number of hydrogen-bond acceptors (Lipinski definition) is 3. The van der Waals surface area contributed by atoms with Crippen molar-refractivity contribution in [1.29, 1.82) is 0 Å². The van der Waals surface area contributed by atoms with Crippen LogP contribution in [0, 0.1) is 0 Å². The average molecular weight is 365 g/mol. The molecule has 24 heavy (non-hydrogen) atoms. The summed E-state index contributed by atoms with van der Waals surface area (Å²) >= 11 is 5.99. The molecule has 0 unspecified atom stereocenters. The van der Waals surface area contributed by atoms with Crippen molar-refractivity contribution in [3.63, 3.8) is 0 Å². The Morgan fingerprint density at radius 1 is 1.00 bits per heavy atom. The fraction of sp³-hybridized carbons (Fsp3) is 0.235. The number of amides is 1. The second-order valence-corrected chi connectivity index (χ2v) is 7.67. The van der Waals surface area contributed by atoms with Crippen molar-refractivity contribution < 1.29 is 13.2 Å². The highest BCUT2D eigenvalue weighted by Crippen LogP contribution is 2.26. The second-order valence-electron chi connectivity index (χ2n) is 5.58. The molecule has 1 aliphatic heterocycles. The third-order valence-corrected chi connectivity index (χ3v) is 5.61. The van der Waals surface area contributed by atoms with Gasteiger partial charge in [0.05, 0.1) is 15.6 Å². The van der Waals surface area contributed by atoms with Gasteiger partial charge in [-0.15, -0.1) is 0 Å². The monoisotopic (exact) mass is 364 g/mol. The van der Waals surface area contributed by atoms with Crippen LogP contribution in [0.4, 0.5) is 11.4 Å². The number of sulfonamides is 1. The maximum Gasteiger partial charge on any atom is 0.261 e. The first-order valence-electron chi connectivity index (χ1n) is 7.65. The topological polar surface area (TPSA) is 66.5 Å². The van der Waals surface area contributed by atoms with Gasteiger partial charge in [0.2, 0.25) is 5.91 Å². The van der Waals surface area contributed by atoms with Gasteiger partial charge in [0.15, 0.2) is 0 Å². The molecular formula is C17H17ClN2O3S. The molecule has 126 valence electrons. The van der Waals surface area contributed by atoms with Gasteiger partial charge in [0.25, 0.3) is 10.0 Å². The number of anilines is 2. The molecule has 1 saturated heterocycles. The summed E-state index contributed by atoms with van der Waals surface area (Å²) < 4.78 is 27.4. The average Bonchev–Trinajstić information content (AvgIpc) is 2.57. The summed E-state index contributed by atoms with van der Waals surface area (Å²) in [7, 11) is -3.73. The van der Waals surface area contributed by atoms with E-state index in [0.29, 0.717) is 23.7 Å². The van der Waals surface area contributed by atoms with E-state index in [4.69, 9.17) is 11.6 Å². The van der Waals surface area contributed by atoms with Crippen LogP contribution in [0.5, 0.6) is 0 Å². The van der Waals surface area contributed by atoms with Gasteiger partial charge in [-0.05, 0) is 49.2 Å². The quantitative estimate of drug-likeness (QED) is 0.900. The number of para-hydroxylation sites is 1. The molecular weight excluding hydrogens is 348 g/mol. The molecule has 0 radical (unpaired) electrons. The Labute approximate surface area is 146 Å². The lowest BCUT2D eigenvalue weighted by atomic mass is 10.1. The molecule has 0 aromatic heterocycles. The fourth-order valence-electron chi connectivity index (χ4n) is 2.63. The van der Waals surface area contributed by atoms with E-state index in [1.807, 2.05) is 0 Å². The number of nitrogens with zero attached hydrogens (tertiary/aromatic N) is 1. The predicted octanol–water partition coefficient (Wildman–Crippen LogP) is 3.66. The van der Waals surface area contributed by atoms with Gasteiger partial charge in [-0.2, -0.15) is 0 Å². The molecule has 0 spiro atoms. The minimum absolute atomic E-state index is 0.0750. The van der Waals surface area contributed by atoms with E-state index in [9.17, 15) is 13.2 Å². The van der Waals surface area contributed by atoms with Crippen molar-refractivity contribution in [1.82, 2.24) is 0 Å². The number of halogens is 1. The number of carbonyl (C=O) groups is 1. The molecule has 2 aromatic carbocycles. The molecule has 1 aliphatic rings. The summed E-state index contributed by atoms with van der Waals surface area (Å²) in [5.74, 6) is 0.0750. The van der Waals surface area contributed by atoms with E-state index in [2.05, 4.69) is 4.72 Å². The van der Waals surface area contributed by atoms with Crippen LogP contribution in [0.15, 0.2) is 53.4 Å². The van der Waals surface area contributed by atoms with Crippen molar-refractivity contribution in [2.24, 2.45) is 0 Å². The van der Waals surface area contributed by atoms with Crippen LogP contribution in [0.1, 0.15) is 19.3 Å². The molecule has 7 heteroatoms. The summed E-state index contributed by atoms with van der Waals surface area (Å²) in [6.07, 6.45) is 2.40. The molecule has 3 rings (SSSR count). The largest absolute Gasteiger partial charge is 0.312 e. The maximum absolute atomic E-state index is 12.5. The Hall–Kier alpha value is -2.05. The van der Waals surface area contributed by atoms with Gasteiger partial charge in [-0.3, -0.25) is 9.52 Å². The molecule has 0 aliphatic carbocycles. The van der Waals surface area contributed by atoms with Gasteiger partial charge in [0, 0.05) is 18.7 Å². The lowest BCUT2D eigenvalue weighted by Crippen LogP contribution is -2.35. The van der Waals surface area contributed by atoms with Crippen LogP contribution in [0.2, 0.25) is 5.02 Å². The van der Waals surface area contributed by atoms with Crippen LogP contribution >= 0.6 is 11.6 Å². The molecule has 5 nitrogen and oxygen atoms in total. The van der Waals surface area contributed by atoms with Crippen LogP contribution in [-0.4, -0.2) is 20.9 Å². The Bertz CT molecular complexity index is 850. The molecule has 0 saturated carbocycles. The minimum atomic E-state index is -3.73. The SMILES string of the molecule is O=C1CCCCN1c1ccc(S(=O)(=O)Nc2ccccc2Cl)cc1. The second kappa shape index (κ2) is 6.83. The van der Waals surface area contributed by atoms with Gasteiger partial charge in [-0.25, -0.2) is 8.42 Å². The van der Waals surface area contributed by atoms with E-state index in [0.717, 1.165) is 18.5 Å². The molecule has 1 N–H and O–H groups in total. The predicted molar refractivity (Wildman–Crippen MR) is 94.9 cm³/mol. The Morgan fingerprint density at radius 2 is 1.71 bits per heavy atom. The van der Waals surface area contributed by atoms with Crippen molar-refractivity contribution in [3.8, 4) is 0 Å². The highest BCUT2D eigenvalue weighted by atomic mass is 35.5. The first kappa shape index (κ1) is 16.8. The molecule has 1 fully saturated rings. The first-order valence-corrected chi connectivity index (χ1v) is 9.51. The van der Waals surface area contributed by atoms with Gasteiger partial charge >= 0.3 is 0 Å². The molecule has 0 bridgehead atoms. The number of rotatable bonds is 4. The summed E-state index contributed by atoms with van der Waals surface area (Å²) in [6, 6.07) is 13.0. The van der Waals surface area contributed by atoms with E-state index in [-0.39, 0.29) is 10.8 Å². The van der Waals surface area contributed by atoms with E-state index < -0.39 is 10.0 Å². The smallest absolute Gasteiger partial charge is 0.261 e. The van der Waals surface area contributed by atoms with Crippen LogP contribution in [-0.2, 0) is 14.8 Å². The number of benzene rings is 2. The van der Waals surface area contributed by atoms with Crippen LogP contribution in [0.3, 0.4) is 0 Å². The minimum Gasteiger partial charge on any atom is -0.312 e. The molecule has 0 atom stereocenters. The van der Waals surface area contributed by atoms with Gasteiger partial charge < -0.3 is 4.90 Å². The van der Waals surface area contributed by atoms with Gasteiger partial charge in [-0.1, -0.05) is 23.7 Å². The van der Waals surface area contributed by atoms with Crippen LogP contribution in [0.25, 0.3) is 0 Å². The number of carbonyl (C=O) groups excluding carboxylic acids is 1. The summed E-state index contributed by atoms with van der Waals surface area (Å²) in [6.45, 7) is 0.669. The fourth-order valence-corrected chi connectivity index (χ4v) is 3.95. The van der Waals surface area contributed by atoms with E-state index in [1.165, 1.54) is 12.1 Å². The standard InChI is InChI=1S/C17H17ClN2O3S/c18-15-5-1-2-6-16(15)19-24(22,23)14-10-8-13(9-11-14)20-12-4-3-7-17(20)21/h1-2,5-6,8-11,19H,3-4,7,12H2. The van der Waals surface area contributed by atoms with E-state index in [1.54, 1.807) is 41.3 Å². The number of hydrogen-bond donors (Lipinski definition) is 1. The van der Waals surface area contributed by atoms with Crippen molar-refractivity contribution in [3.05, 3.63) is 53.6 Å². The zero-order valence-corrected chi connectivity index (χ0v) is 14.5. The highest BCUT2D eigenvalue weighted by molar-refractivity contribution is 7.92. The Balaban J connectivity index is 1.82. The highest BCUT2D eigenvalue weighted by Gasteiger charge is 2.21. The third kappa shape index (κ3) is 3.55. The van der Waals surface area contributed by atoms with E-state index >= 15 is 0 Å². The Morgan fingerprint density at radius 3 is 2.38 bits per heavy atom. The Kier molecular flexibility index (Phi) is 4.78. The van der Waals surface area contributed by atoms with Crippen molar-refractivity contribution in [2.45, 2.75) is 24.2 Å². The number of piperidine rings is 1. The third-order valence-electron chi connectivity index (χ3n) is 3.90. The zero-order valence-electron chi connectivity index (χ0n) is 12.9.